The maximum Gasteiger partial charge on any atom is 0.404 e. The Morgan fingerprint density at radius 1 is 0.800 bits per heavy atom. The summed E-state index contributed by atoms with van der Waals surface area (Å²) in [6.07, 6.45) is 0.205. The minimum absolute atomic E-state index is 0.110. The Hall–Kier alpha value is -4.33. The van der Waals surface area contributed by atoms with E-state index >= 15 is 0 Å². The number of esters is 1. The lowest BCUT2D eigenvalue weighted by atomic mass is 10.1. The summed E-state index contributed by atoms with van der Waals surface area (Å²) < 4.78 is 11.4. The molecule has 8 heteroatoms. The van der Waals surface area contributed by atoms with Gasteiger partial charge in [-0.05, 0) is 42.2 Å². The first-order chi connectivity index (χ1) is 17.0. The summed E-state index contributed by atoms with van der Waals surface area (Å²) in [4.78, 5) is 35.7. The molecule has 0 atom stereocenters. The van der Waals surface area contributed by atoms with Crippen LogP contribution in [-0.4, -0.2) is 29.6 Å². The number of amides is 2. The first-order valence-corrected chi connectivity index (χ1v) is 11.3. The molecule has 0 saturated carbocycles. The van der Waals surface area contributed by atoms with Crippen molar-refractivity contribution in [2.45, 2.75) is 32.5 Å². The zero-order valence-corrected chi connectivity index (χ0v) is 19.2. The predicted molar refractivity (Wildman–Crippen MR) is 131 cm³/mol. The molecular formula is C27H28N2O6. The molecule has 0 aromatic heterocycles. The quantitative estimate of drug-likeness (QED) is 0.250. The highest BCUT2D eigenvalue weighted by Gasteiger charge is 2.17. The number of hydrogen-bond donors (Lipinski definition) is 3. The molecule has 0 radical (unpaired) electrons. The van der Waals surface area contributed by atoms with Gasteiger partial charge in [-0.25, -0.2) is 9.59 Å². The molecule has 0 unspecified atom stereocenters. The van der Waals surface area contributed by atoms with Gasteiger partial charge in [-0.2, -0.15) is 0 Å². The van der Waals surface area contributed by atoms with Crippen molar-refractivity contribution in [1.29, 1.82) is 0 Å². The van der Waals surface area contributed by atoms with Gasteiger partial charge in [0.05, 0.1) is 0 Å². The number of nitrogens with one attached hydrogen (secondary N) is 2. The number of carbonyl (C=O) groups excluding carboxylic acids is 2. The summed E-state index contributed by atoms with van der Waals surface area (Å²) in [5, 5.41) is 13.6. The second-order valence-electron chi connectivity index (χ2n) is 7.78. The van der Waals surface area contributed by atoms with Crippen LogP contribution in [0.4, 0.5) is 10.5 Å². The Labute approximate surface area is 203 Å². The number of rotatable bonds is 12. The van der Waals surface area contributed by atoms with Gasteiger partial charge in [0.15, 0.2) is 0 Å². The number of ether oxygens (including phenoxy) is 2. The standard InChI is InChI=1S/C27H28N2O6/c30-25(13-7-8-16-28-27(32)33)29-22-14-15-24(34-18-20-9-3-1-4-10-20)23(17-22)26(31)35-19-21-11-5-2-6-12-21/h1-6,9-12,14-15,17,28H,7-8,13,16,18-19H2,(H,29,30)(H,32,33). The van der Waals surface area contributed by atoms with Crippen molar-refractivity contribution in [3.63, 3.8) is 0 Å². The zero-order valence-electron chi connectivity index (χ0n) is 19.2. The van der Waals surface area contributed by atoms with Gasteiger partial charge < -0.3 is 25.2 Å². The Kier molecular flexibility index (Phi) is 9.68. The van der Waals surface area contributed by atoms with Gasteiger partial charge >= 0.3 is 12.1 Å². The second kappa shape index (κ2) is 13.4. The maximum atomic E-state index is 12.9. The fourth-order valence-corrected chi connectivity index (χ4v) is 3.26. The van der Waals surface area contributed by atoms with Crippen molar-refractivity contribution in [2.75, 3.05) is 11.9 Å². The highest BCUT2D eigenvalue weighted by atomic mass is 16.5. The molecule has 0 bridgehead atoms. The Bertz CT molecular complexity index is 1120. The van der Waals surface area contributed by atoms with Crippen molar-refractivity contribution in [2.24, 2.45) is 0 Å². The molecule has 0 aliphatic heterocycles. The van der Waals surface area contributed by atoms with Crippen LogP contribution in [0.15, 0.2) is 78.9 Å². The van der Waals surface area contributed by atoms with Crippen LogP contribution in [0.2, 0.25) is 0 Å². The lowest BCUT2D eigenvalue weighted by molar-refractivity contribution is -0.116. The molecule has 3 N–H and O–H groups in total. The summed E-state index contributed by atoms with van der Waals surface area (Å²) in [6, 6.07) is 23.8. The van der Waals surface area contributed by atoms with E-state index in [2.05, 4.69) is 10.6 Å². The van der Waals surface area contributed by atoms with Gasteiger partial charge in [0, 0.05) is 18.7 Å². The lowest BCUT2D eigenvalue weighted by Crippen LogP contribution is -2.22. The molecule has 8 nitrogen and oxygen atoms in total. The average Bonchev–Trinajstić information content (AvgIpc) is 2.87. The van der Waals surface area contributed by atoms with E-state index in [1.54, 1.807) is 12.1 Å². The van der Waals surface area contributed by atoms with Crippen molar-refractivity contribution in [3.8, 4) is 5.75 Å². The predicted octanol–water partition coefficient (Wildman–Crippen LogP) is 5.00. The second-order valence-corrected chi connectivity index (χ2v) is 7.78. The molecule has 0 fully saturated rings. The van der Waals surface area contributed by atoms with Crippen molar-refractivity contribution < 1.29 is 29.0 Å². The van der Waals surface area contributed by atoms with E-state index in [-0.39, 0.29) is 37.6 Å². The van der Waals surface area contributed by atoms with Crippen LogP contribution in [-0.2, 0) is 22.7 Å². The number of unbranched alkanes of at least 4 members (excludes halogenated alkanes) is 1. The minimum Gasteiger partial charge on any atom is -0.488 e. The molecule has 35 heavy (non-hydrogen) atoms. The topological polar surface area (TPSA) is 114 Å². The SMILES string of the molecule is O=C(O)NCCCCC(=O)Nc1ccc(OCc2ccccc2)c(C(=O)OCc2ccccc2)c1. The molecule has 2 amide bonds. The van der Waals surface area contributed by atoms with Gasteiger partial charge in [0.25, 0.3) is 0 Å². The Balaban J connectivity index is 1.66. The monoisotopic (exact) mass is 476 g/mol. The molecule has 0 aliphatic rings. The number of carbonyl (C=O) groups is 3. The van der Waals surface area contributed by atoms with Gasteiger partial charge in [0.1, 0.15) is 24.5 Å². The molecule has 0 heterocycles. The average molecular weight is 477 g/mol. The largest absolute Gasteiger partial charge is 0.488 e. The number of benzene rings is 3. The van der Waals surface area contributed by atoms with Gasteiger partial charge in [-0.15, -0.1) is 0 Å². The fraction of sp³-hybridized carbons (Fsp3) is 0.222. The highest BCUT2D eigenvalue weighted by Crippen LogP contribution is 2.25. The summed E-state index contributed by atoms with van der Waals surface area (Å²) >= 11 is 0. The highest BCUT2D eigenvalue weighted by molar-refractivity contribution is 5.96. The normalized spacial score (nSPS) is 10.3. The summed E-state index contributed by atoms with van der Waals surface area (Å²) in [5.41, 5.74) is 2.46. The fourth-order valence-electron chi connectivity index (χ4n) is 3.26. The third kappa shape index (κ3) is 8.85. The van der Waals surface area contributed by atoms with Crippen LogP contribution in [0.25, 0.3) is 0 Å². The van der Waals surface area contributed by atoms with Gasteiger partial charge in [0.2, 0.25) is 5.91 Å². The van der Waals surface area contributed by atoms with Crippen LogP contribution in [0, 0.1) is 0 Å². The van der Waals surface area contributed by atoms with Gasteiger partial charge in [-0.3, -0.25) is 4.79 Å². The Morgan fingerprint density at radius 2 is 1.46 bits per heavy atom. The minimum atomic E-state index is -1.09. The van der Waals surface area contributed by atoms with E-state index in [9.17, 15) is 14.4 Å². The van der Waals surface area contributed by atoms with Crippen molar-refractivity contribution in [3.05, 3.63) is 95.6 Å². The number of anilines is 1. The molecule has 0 saturated heterocycles. The maximum absolute atomic E-state index is 12.9. The molecule has 182 valence electrons. The van der Waals surface area contributed by atoms with Crippen molar-refractivity contribution in [1.82, 2.24) is 5.32 Å². The van der Waals surface area contributed by atoms with E-state index < -0.39 is 12.1 Å². The van der Waals surface area contributed by atoms with E-state index in [0.717, 1.165) is 11.1 Å². The van der Waals surface area contributed by atoms with Gasteiger partial charge in [-0.1, -0.05) is 60.7 Å². The third-order valence-corrected chi connectivity index (χ3v) is 5.04. The molecular weight excluding hydrogens is 448 g/mol. The first-order valence-electron chi connectivity index (χ1n) is 11.3. The number of hydrogen-bond acceptors (Lipinski definition) is 5. The summed E-state index contributed by atoms with van der Waals surface area (Å²) in [6.45, 7) is 0.669. The molecule has 0 spiro atoms. The van der Waals surface area contributed by atoms with Crippen LogP contribution >= 0.6 is 0 Å². The molecule has 3 rings (SSSR count). The van der Waals surface area contributed by atoms with Crippen LogP contribution in [0.5, 0.6) is 5.75 Å². The van der Waals surface area contributed by atoms with E-state index in [1.165, 1.54) is 6.07 Å². The van der Waals surface area contributed by atoms with E-state index in [4.69, 9.17) is 14.6 Å². The third-order valence-electron chi connectivity index (χ3n) is 5.04. The molecule has 3 aromatic carbocycles. The van der Waals surface area contributed by atoms with Crippen molar-refractivity contribution >= 4 is 23.7 Å². The first kappa shape index (κ1) is 25.3. The molecule has 3 aromatic rings. The summed E-state index contributed by atoms with van der Waals surface area (Å²) in [5.74, 6) is -0.445. The zero-order chi connectivity index (χ0) is 24.9. The van der Waals surface area contributed by atoms with Crippen LogP contribution in [0.3, 0.4) is 0 Å². The number of carboxylic acid groups (broad SMARTS) is 1. The lowest BCUT2D eigenvalue weighted by Gasteiger charge is -2.14. The van der Waals surface area contributed by atoms with Crippen LogP contribution < -0.4 is 15.4 Å². The molecule has 0 aliphatic carbocycles. The van der Waals surface area contributed by atoms with E-state index in [1.807, 2.05) is 60.7 Å². The Morgan fingerprint density at radius 3 is 2.11 bits per heavy atom. The summed E-state index contributed by atoms with van der Waals surface area (Å²) in [7, 11) is 0. The van der Waals surface area contributed by atoms with Crippen LogP contribution in [0.1, 0.15) is 40.7 Å². The smallest absolute Gasteiger partial charge is 0.404 e. The van der Waals surface area contributed by atoms with E-state index in [0.29, 0.717) is 24.3 Å².